The number of carbonyl (C=O) groups excluding carboxylic acids is 2. The quantitative estimate of drug-likeness (QED) is 0.329. The zero-order valence-corrected chi connectivity index (χ0v) is 10.1. The minimum atomic E-state index is -0.671. The lowest BCUT2D eigenvalue weighted by molar-refractivity contribution is -0.386. The Balaban J connectivity index is 1.96. The van der Waals surface area contributed by atoms with Gasteiger partial charge >= 0.3 is 11.9 Å². The molecule has 3 heterocycles. The Morgan fingerprint density at radius 2 is 1.95 bits per heavy atom. The maximum absolute atomic E-state index is 11.8. The molecule has 0 radical (unpaired) electrons. The van der Waals surface area contributed by atoms with Crippen LogP contribution in [0.1, 0.15) is 23.1 Å². The minimum Gasteiger partial charge on any atom is -0.393 e. The average molecular weight is 275 g/mol. The molecule has 3 aliphatic heterocycles. The van der Waals surface area contributed by atoms with Crippen LogP contribution in [0.4, 0.5) is 5.69 Å². The first-order chi connectivity index (χ1) is 9.59. The standard InChI is InChI=1S/C13H9NO6/c15-12-9-6-4-19-11(10(9)13(16)20-12)5-2-1-3-7(8(5)6)14(17)18/h1-3,6,9-11H,4H2/t6-,9+,10-,11-/m0/s1. The third-order valence-corrected chi connectivity index (χ3v) is 4.34. The smallest absolute Gasteiger partial charge is 0.320 e. The number of nitrogens with zero attached hydrogens (tertiary/aromatic N) is 1. The first kappa shape index (κ1) is 11.5. The summed E-state index contributed by atoms with van der Waals surface area (Å²) in [6.07, 6.45) is -0.626. The molecule has 2 fully saturated rings. The van der Waals surface area contributed by atoms with Crippen molar-refractivity contribution in [3.63, 3.8) is 0 Å². The van der Waals surface area contributed by atoms with Crippen LogP contribution in [0.15, 0.2) is 18.2 Å². The van der Waals surface area contributed by atoms with E-state index >= 15 is 0 Å². The SMILES string of the molecule is O=C1OC(=O)[C@H]2[C@H]1[C@H]1CO[C@H]2c2cccc([N+](=O)[O-])c21. The van der Waals surface area contributed by atoms with Crippen molar-refractivity contribution in [2.24, 2.45) is 11.8 Å². The summed E-state index contributed by atoms with van der Waals surface area (Å²) in [5.74, 6) is -3.00. The molecule has 4 atom stereocenters. The highest BCUT2D eigenvalue weighted by Crippen LogP contribution is 2.56. The van der Waals surface area contributed by atoms with Gasteiger partial charge in [-0.1, -0.05) is 12.1 Å². The summed E-state index contributed by atoms with van der Waals surface area (Å²) in [7, 11) is 0. The van der Waals surface area contributed by atoms with E-state index in [-0.39, 0.29) is 12.3 Å². The van der Waals surface area contributed by atoms with Gasteiger partial charge in [0.25, 0.3) is 5.69 Å². The van der Waals surface area contributed by atoms with Gasteiger partial charge in [0.2, 0.25) is 0 Å². The number of rotatable bonds is 1. The van der Waals surface area contributed by atoms with E-state index in [1.165, 1.54) is 6.07 Å². The molecule has 0 N–H and O–H groups in total. The van der Waals surface area contributed by atoms with Gasteiger partial charge in [0, 0.05) is 17.5 Å². The lowest BCUT2D eigenvalue weighted by Crippen LogP contribution is -2.44. The van der Waals surface area contributed by atoms with E-state index in [1.807, 2.05) is 0 Å². The van der Waals surface area contributed by atoms with Crippen LogP contribution in [0.5, 0.6) is 0 Å². The van der Waals surface area contributed by atoms with E-state index in [0.29, 0.717) is 11.1 Å². The van der Waals surface area contributed by atoms with Crippen molar-refractivity contribution in [3.05, 3.63) is 39.4 Å². The summed E-state index contributed by atoms with van der Waals surface area (Å²) in [6.45, 7) is 0.200. The Hall–Kier alpha value is -2.28. The molecule has 7 nitrogen and oxygen atoms in total. The number of cyclic esters (lactones) is 2. The van der Waals surface area contributed by atoms with Crippen molar-refractivity contribution < 1.29 is 24.0 Å². The molecule has 5 rings (SSSR count). The summed E-state index contributed by atoms with van der Waals surface area (Å²) in [5, 5.41) is 11.2. The van der Waals surface area contributed by atoms with Crippen molar-refractivity contribution in [3.8, 4) is 0 Å². The van der Waals surface area contributed by atoms with Crippen LogP contribution in [-0.2, 0) is 19.1 Å². The lowest BCUT2D eigenvalue weighted by atomic mass is 9.66. The summed E-state index contributed by atoms with van der Waals surface area (Å²) >= 11 is 0. The second-order valence-electron chi connectivity index (χ2n) is 5.19. The van der Waals surface area contributed by atoms with E-state index in [9.17, 15) is 19.7 Å². The molecule has 7 heteroatoms. The van der Waals surface area contributed by atoms with Gasteiger partial charge in [-0.15, -0.1) is 0 Å². The number of benzene rings is 1. The van der Waals surface area contributed by atoms with Crippen LogP contribution in [0, 0.1) is 22.0 Å². The molecule has 2 bridgehead atoms. The molecule has 1 aromatic rings. The first-order valence-electron chi connectivity index (χ1n) is 6.24. The van der Waals surface area contributed by atoms with Crippen molar-refractivity contribution in [1.82, 2.24) is 0 Å². The second-order valence-corrected chi connectivity index (χ2v) is 5.19. The summed E-state index contributed by atoms with van der Waals surface area (Å²) < 4.78 is 10.3. The normalized spacial score (nSPS) is 33.6. The summed E-state index contributed by atoms with van der Waals surface area (Å²) in [5.41, 5.74) is 1.12. The summed E-state index contributed by atoms with van der Waals surface area (Å²) in [4.78, 5) is 34.3. The lowest BCUT2D eigenvalue weighted by Gasteiger charge is -2.42. The minimum absolute atomic E-state index is 0.0219. The third-order valence-electron chi connectivity index (χ3n) is 4.34. The highest BCUT2D eigenvalue weighted by atomic mass is 16.6. The van der Waals surface area contributed by atoms with Gasteiger partial charge in [0.05, 0.1) is 23.6 Å². The Morgan fingerprint density at radius 1 is 1.20 bits per heavy atom. The molecule has 0 saturated carbocycles. The number of fused-ring (bicyclic) bond motifs is 1. The molecule has 20 heavy (non-hydrogen) atoms. The highest BCUT2D eigenvalue weighted by molar-refractivity contribution is 5.98. The predicted octanol–water partition coefficient (Wildman–Crippen LogP) is 1.08. The zero-order chi connectivity index (χ0) is 14.0. The van der Waals surface area contributed by atoms with Crippen LogP contribution < -0.4 is 0 Å². The molecule has 0 aromatic heterocycles. The topological polar surface area (TPSA) is 95.7 Å². The fourth-order valence-electron chi connectivity index (χ4n) is 3.60. The van der Waals surface area contributed by atoms with Gasteiger partial charge in [0.15, 0.2) is 0 Å². The molecular weight excluding hydrogens is 266 g/mol. The number of nitro groups is 1. The van der Waals surface area contributed by atoms with Crippen LogP contribution in [0.3, 0.4) is 0 Å². The molecular formula is C13H9NO6. The van der Waals surface area contributed by atoms with Gasteiger partial charge in [0.1, 0.15) is 5.92 Å². The number of esters is 2. The van der Waals surface area contributed by atoms with Crippen molar-refractivity contribution in [1.29, 1.82) is 0 Å². The van der Waals surface area contributed by atoms with E-state index in [1.54, 1.807) is 12.1 Å². The van der Waals surface area contributed by atoms with Crippen molar-refractivity contribution in [2.75, 3.05) is 6.61 Å². The van der Waals surface area contributed by atoms with Gasteiger partial charge < -0.3 is 9.47 Å². The van der Waals surface area contributed by atoms with E-state index in [4.69, 9.17) is 9.47 Å². The van der Waals surface area contributed by atoms with Gasteiger partial charge in [-0.25, -0.2) is 0 Å². The first-order valence-corrected chi connectivity index (χ1v) is 6.24. The summed E-state index contributed by atoms with van der Waals surface area (Å²) in [6, 6.07) is 4.69. The van der Waals surface area contributed by atoms with E-state index < -0.39 is 40.7 Å². The molecule has 1 aliphatic carbocycles. The molecule has 4 aliphatic rings. The third kappa shape index (κ3) is 1.23. The van der Waals surface area contributed by atoms with Gasteiger partial charge in [-0.05, 0) is 5.56 Å². The number of carbonyl (C=O) groups is 2. The molecule has 0 spiro atoms. The molecule has 0 unspecified atom stereocenters. The van der Waals surface area contributed by atoms with Crippen LogP contribution in [-0.4, -0.2) is 23.5 Å². The van der Waals surface area contributed by atoms with Gasteiger partial charge in [-0.2, -0.15) is 0 Å². The maximum atomic E-state index is 11.8. The Bertz CT molecular complexity index is 669. The van der Waals surface area contributed by atoms with Crippen molar-refractivity contribution >= 4 is 17.6 Å². The second kappa shape index (κ2) is 3.63. The Morgan fingerprint density at radius 3 is 2.70 bits per heavy atom. The fraction of sp³-hybridized carbons (Fsp3) is 0.385. The maximum Gasteiger partial charge on any atom is 0.320 e. The highest BCUT2D eigenvalue weighted by Gasteiger charge is 2.61. The Kier molecular flexibility index (Phi) is 2.10. The van der Waals surface area contributed by atoms with Crippen LogP contribution in [0.25, 0.3) is 0 Å². The van der Waals surface area contributed by atoms with Crippen LogP contribution >= 0.6 is 0 Å². The number of nitro benzene ring substituents is 1. The van der Waals surface area contributed by atoms with Gasteiger partial charge in [-0.3, -0.25) is 19.7 Å². The molecule has 102 valence electrons. The average Bonchev–Trinajstić information content (AvgIpc) is 2.76. The molecule has 0 amide bonds. The number of ether oxygens (including phenoxy) is 2. The fourth-order valence-corrected chi connectivity index (χ4v) is 3.60. The monoisotopic (exact) mass is 275 g/mol. The predicted molar refractivity (Wildman–Crippen MR) is 62.6 cm³/mol. The largest absolute Gasteiger partial charge is 0.393 e. The molecule has 2 saturated heterocycles. The van der Waals surface area contributed by atoms with E-state index in [2.05, 4.69) is 0 Å². The van der Waals surface area contributed by atoms with Crippen LogP contribution in [0.2, 0.25) is 0 Å². The van der Waals surface area contributed by atoms with Crippen molar-refractivity contribution in [2.45, 2.75) is 12.0 Å². The number of hydrogen-bond donors (Lipinski definition) is 0. The van der Waals surface area contributed by atoms with E-state index in [0.717, 1.165) is 0 Å². The number of hydrogen-bond acceptors (Lipinski definition) is 6. The Labute approximate surface area is 112 Å². The zero-order valence-electron chi connectivity index (χ0n) is 10.1. The molecule has 1 aromatic carbocycles.